The van der Waals surface area contributed by atoms with Crippen molar-refractivity contribution in [3.8, 4) is 11.5 Å². The first-order chi connectivity index (χ1) is 13.2. The molecular weight excluding hydrogens is 346 g/mol. The number of carbonyl (C=O) groups is 1. The van der Waals surface area contributed by atoms with Crippen LogP contribution in [0.5, 0.6) is 11.5 Å². The minimum Gasteiger partial charge on any atom is -0.492 e. The summed E-state index contributed by atoms with van der Waals surface area (Å²) >= 11 is 0. The predicted octanol–water partition coefficient (Wildman–Crippen LogP) is 2.71. The molecule has 0 saturated heterocycles. The first-order valence-electron chi connectivity index (χ1n) is 8.80. The van der Waals surface area contributed by atoms with Crippen molar-refractivity contribution in [2.24, 2.45) is 0 Å². The van der Waals surface area contributed by atoms with Crippen LogP contribution in [0, 0.1) is 0 Å². The Labute approximate surface area is 159 Å². The summed E-state index contributed by atoms with van der Waals surface area (Å²) in [4.78, 5) is 11.4. The number of carboxylic acid groups (broad SMARTS) is 1. The number of aliphatic hydroxyl groups excluding tert-OH is 1. The van der Waals surface area contributed by atoms with Crippen LogP contribution < -0.4 is 14.8 Å². The summed E-state index contributed by atoms with van der Waals surface area (Å²) in [6, 6.07) is 14.6. The van der Waals surface area contributed by atoms with E-state index in [0.29, 0.717) is 36.8 Å². The number of aliphatic carboxylic acids is 1. The number of hydrogen-bond acceptors (Lipinski definition) is 5. The number of benzene rings is 2. The Hall–Kier alpha value is -2.83. The van der Waals surface area contributed by atoms with Crippen LogP contribution >= 0.6 is 0 Å². The van der Waals surface area contributed by atoms with Gasteiger partial charge in [-0.15, -0.1) is 0 Å². The van der Waals surface area contributed by atoms with E-state index in [1.807, 2.05) is 36.4 Å². The first-order valence-corrected chi connectivity index (χ1v) is 8.80. The van der Waals surface area contributed by atoms with E-state index in [4.69, 9.17) is 14.6 Å². The van der Waals surface area contributed by atoms with Crippen LogP contribution in [-0.2, 0) is 11.4 Å². The lowest BCUT2D eigenvalue weighted by Gasteiger charge is -2.13. The Kier molecular flexibility index (Phi) is 8.35. The summed E-state index contributed by atoms with van der Waals surface area (Å²) < 4.78 is 11.5. The van der Waals surface area contributed by atoms with Gasteiger partial charge in [0.2, 0.25) is 0 Å². The summed E-state index contributed by atoms with van der Waals surface area (Å²) in [5, 5.41) is 21.1. The van der Waals surface area contributed by atoms with Crippen molar-refractivity contribution in [3.05, 3.63) is 65.7 Å². The summed E-state index contributed by atoms with van der Waals surface area (Å²) in [7, 11) is 0. The van der Waals surface area contributed by atoms with E-state index < -0.39 is 5.97 Å². The average Bonchev–Trinajstić information content (AvgIpc) is 2.68. The van der Waals surface area contributed by atoms with Crippen molar-refractivity contribution < 1.29 is 24.5 Å². The molecule has 0 spiro atoms. The van der Waals surface area contributed by atoms with Gasteiger partial charge in [-0.25, -0.2) is 4.79 Å². The second-order valence-corrected chi connectivity index (χ2v) is 5.75. The summed E-state index contributed by atoms with van der Waals surface area (Å²) in [5.74, 6) is 0.365. The Bertz CT molecular complexity index is 773. The lowest BCUT2D eigenvalue weighted by molar-refractivity contribution is -0.130. The van der Waals surface area contributed by atoms with E-state index >= 15 is 0 Å². The molecule has 27 heavy (non-hydrogen) atoms. The molecular formula is C21H25NO5. The minimum absolute atomic E-state index is 0.0988. The van der Waals surface area contributed by atoms with Crippen molar-refractivity contribution in [1.82, 2.24) is 5.32 Å². The fourth-order valence-corrected chi connectivity index (χ4v) is 2.56. The quantitative estimate of drug-likeness (QED) is 0.416. The molecule has 0 atom stereocenters. The molecule has 0 aliphatic heterocycles. The molecule has 0 unspecified atom stereocenters. The lowest BCUT2D eigenvalue weighted by atomic mass is 10.00. The highest BCUT2D eigenvalue weighted by Crippen LogP contribution is 2.24. The smallest absolute Gasteiger partial charge is 0.335 e. The summed E-state index contributed by atoms with van der Waals surface area (Å²) in [6.07, 6.45) is 1.58. The maximum absolute atomic E-state index is 11.4. The molecule has 144 valence electrons. The maximum atomic E-state index is 11.4. The molecule has 0 aliphatic carbocycles. The van der Waals surface area contributed by atoms with Gasteiger partial charge in [-0.1, -0.05) is 36.4 Å². The number of nitrogens with one attached hydrogen (secondary N) is 1. The molecule has 2 aromatic rings. The molecule has 0 radical (unpaired) electrons. The number of rotatable bonds is 11. The van der Waals surface area contributed by atoms with Crippen molar-refractivity contribution in [1.29, 1.82) is 0 Å². The van der Waals surface area contributed by atoms with E-state index in [9.17, 15) is 9.90 Å². The molecule has 0 heterocycles. The van der Waals surface area contributed by atoms with Crippen molar-refractivity contribution >= 4 is 11.5 Å². The highest BCUT2D eigenvalue weighted by molar-refractivity contribution is 6.15. The Morgan fingerprint density at radius 1 is 1.07 bits per heavy atom. The van der Waals surface area contributed by atoms with Gasteiger partial charge in [0.25, 0.3) is 0 Å². The zero-order chi connectivity index (χ0) is 19.5. The third-order valence-electron chi connectivity index (χ3n) is 3.86. The molecule has 0 aliphatic rings. The predicted molar refractivity (Wildman–Crippen MR) is 104 cm³/mol. The Morgan fingerprint density at radius 3 is 2.52 bits per heavy atom. The first kappa shape index (κ1) is 20.5. The topological polar surface area (TPSA) is 88.0 Å². The second kappa shape index (κ2) is 11.0. The van der Waals surface area contributed by atoms with Crippen LogP contribution in [0.4, 0.5) is 0 Å². The van der Waals surface area contributed by atoms with E-state index in [1.54, 1.807) is 25.1 Å². The zero-order valence-corrected chi connectivity index (χ0v) is 15.4. The fourth-order valence-electron chi connectivity index (χ4n) is 2.56. The van der Waals surface area contributed by atoms with Crippen LogP contribution in [0.2, 0.25) is 0 Å². The van der Waals surface area contributed by atoms with Gasteiger partial charge in [0.05, 0.1) is 12.2 Å². The minimum atomic E-state index is -0.963. The molecule has 2 aromatic carbocycles. The zero-order valence-electron chi connectivity index (χ0n) is 15.4. The number of hydrogen-bond donors (Lipinski definition) is 3. The summed E-state index contributed by atoms with van der Waals surface area (Å²) in [5.41, 5.74) is 1.70. The third kappa shape index (κ3) is 6.44. The number of allylic oxidation sites excluding steroid dienone is 1. The van der Waals surface area contributed by atoms with Gasteiger partial charge < -0.3 is 25.0 Å². The van der Waals surface area contributed by atoms with Gasteiger partial charge in [0, 0.05) is 19.2 Å². The van der Waals surface area contributed by atoms with Crippen molar-refractivity contribution in [2.75, 3.05) is 26.3 Å². The molecule has 6 nitrogen and oxygen atoms in total. The highest BCUT2D eigenvalue weighted by Gasteiger charge is 2.13. The molecule has 0 aromatic heterocycles. The van der Waals surface area contributed by atoms with Crippen LogP contribution in [-0.4, -0.2) is 42.5 Å². The van der Waals surface area contributed by atoms with Crippen LogP contribution in [0.15, 0.2) is 54.6 Å². The highest BCUT2D eigenvalue weighted by atomic mass is 16.5. The molecule has 0 fully saturated rings. The van der Waals surface area contributed by atoms with Gasteiger partial charge in [-0.3, -0.25) is 0 Å². The molecule has 0 saturated carbocycles. The maximum Gasteiger partial charge on any atom is 0.335 e. The molecule has 0 amide bonds. The van der Waals surface area contributed by atoms with Gasteiger partial charge in [0.15, 0.2) is 0 Å². The number of aliphatic hydroxyl groups is 1. The van der Waals surface area contributed by atoms with Crippen LogP contribution in [0.25, 0.3) is 5.57 Å². The fraction of sp³-hybridized carbons (Fsp3) is 0.286. The normalized spacial score (nSPS) is 11.3. The van der Waals surface area contributed by atoms with Gasteiger partial charge in [0.1, 0.15) is 24.7 Å². The largest absolute Gasteiger partial charge is 0.492 e. The standard InChI is InChI=1S/C21H25NO5/c1-2-19(21(24)25)20-9-4-3-6-16(20)15-27-18-8-5-7-17(14-18)26-13-11-22-10-12-23/h2-9,14,22-23H,10-13,15H2,1H3,(H,24,25). The van der Waals surface area contributed by atoms with E-state index in [2.05, 4.69) is 5.32 Å². The Morgan fingerprint density at radius 2 is 1.81 bits per heavy atom. The second-order valence-electron chi connectivity index (χ2n) is 5.75. The van der Waals surface area contributed by atoms with Crippen molar-refractivity contribution in [3.63, 3.8) is 0 Å². The van der Waals surface area contributed by atoms with Crippen molar-refractivity contribution in [2.45, 2.75) is 13.5 Å². The summed E-state index contributed by atoms with van der Waals surface area (Å²) in [6.45, 7) is 3.72. The SMILES string of the molecule is CC=C(C(=O)O)c1ccccc1COc1cccc(OCCNCCO)c1. The van der Waals surface area contributed by atoms with E-state index in [1.165, 1.54) is 0 Å². The van der Waals surface area contributed by atoms with Gasteiger partial charge >= 0.3 is 5.97 Å². The molecule has 6 heteroatoms. The monoisotopic (exact) mass is 371 g/mol. The van der Waals surface area contributed by atoms with E-state index in [-0.39, 0.29) is 18.8 Å². The van der Waals surface area contributed by atoms with E-state index in [0.717, 1.165) is 5.56 Å². The molecule has 2 rings (SSSR count). The third-order valence-corrected chi connectivity index (χ3v) is 3.86. The molecule has 0 bridgehead atoms. The van der Waals surface area contributed by atoms with Gasteiger partial charge in [-0.05, 0) is 30.2 Å². The number of carboxylic acids is 1. The average molecular weight is 371 g/mol. The van der Waals surface area contributed by atoms with Crippen LogP contribution in [0.1, 0.15) is 18.1 Å². The Balaban J connectivity index is 1.99. The number of ether oxygens (including phenoxy) is 2. The molecule has 3 N–H and O–H groups in total. The van der Waals surface area contributed by atoms with Crippen LogP contribution in [0.3, 0.4) is 0 Å². The van der Waals surface area contributed by atoms with Gasteiger partial charge in [-0.2, -0.15) is 0 Å². The lowest BCUT2D eigenvalue weighted by Crippen LogP contribution is -2.23.